The summed E-state index contributed by atoms with van der Waals surface area (Å²) in [6, 6.07) is 12.8. The highest BCUT2D eigenvalue weighted by atomic mass is 19.1. The van der Waals surface area contributed by atoms with Crippen LogP contribution in [0, 0.1) is 17.1 Å². The molecule has 3 nitrogen and oxygen atoms in total. The monoisotopic (exact) mass is 257 g/mol. The lowest BCUT2D eigenvalue weighted by Gasteiger charge is -2.09. The lowest BCUT2D eigenvalue weighted by molar-refractivity contribution is 0.338. The molecule has 2 rings (SSSR count). The molecule has 0 heterocycles. The van der Waals surface area contributed by atoms with Crippen molar-refractivity contribution in [1.29, 1.82) is 5.26 Å². The van der Waals surface area contributed by atoms with E-state index in [1.165, 1.54) is 12.1 Å². The Hall–Kier alpha value is -2.54. The second kappa shape index (κ2) is 5.87. The normalized spacial score (nSPS) is 9.74. The third-order valence-corrected chi connectivity index (χ3v) is 2.41. The van der Waals surface area contributed by atoms with Gasteiger partial charge in [0.25, 0.3) is 0 Å². The summed E-state index contributed by atoms with van der Waals surface area (Å²) in [4.78, 5) is 0. The standard InChI is InChI=1S/C15H12FNO2/c1-2-18-13-4-3-5-14(9-13)19-15-7-6-12(16)8-11(15)10-17/h3-9H,2H2,1H3. The SMILES string of the molecule is CCOc1cccc(Oc2ccc(F)cc2C#N)c1. The summed E-state index contributed by atoms with van der Waals surface area (Å²) in [5, 5.41) is 8.94. The van der Waals surface area contributed by atoms with Crippen molar-refractivity contribution >= 4 is 0 Å². The minimum absolute atomic E-state index is 0.154. The van der Waals surface area contributed by atoms with E-state index < -0.39 is 5.82 Å². The van der Waals surface area contributed by atoms with Crippen LogP contribution >= 0.6 is 0 Å². The molecule has 0 fully saturated rings. The zero-order valence-electron chi connectivity index (χ0n) is 10.4. The Labute approximate surface area is 110 Å². The maximum absolute atomic E-state index is 13.0. The first-order valence-electron chi connectivity index (χ1n) is 5.83. The van der Waals surface area contributed by atoms with Crippen LogP contribution in [0.3, 0.4) is 0 Å². The third kappa shape index (κ3) is 3.23. The van der Waals surface area contributed by atoms with E-state index in [-0.39, 0.29) is 5.56 Å². The zero-order valence-corrected chi connectivity index (χ0v) is 10.4. The predicted molar refractivity (Wildman–Crippen MR) is 68.8 cm³/mol. The summed E-state index contributed by atoms with van der Waals surface area (Å²) < 4.78 is 23.9. The fourth-order valence-corrected chi connectivity index (χ4v) is 1.60. The molecule has 0 N–H and O–H groups in total. The van der Waals surface area contributed by atoms with E-state index >= 15 is 0 Å². The maximum Gasteiger partial charge on any atom is 0.145 e. The summed E-state index contributed by atoms with van der Waals surface area (Å²) in [5.74, 6) is 1.07. The van der Waals surface area contributed by atoms with Crippen molar-refractivity contribution in [3.8, 4) is 23.3 Å². The highest BCUT2D eigenvalue weighted by Gasteiger charge is 2.06. The van der Waals surface area contributed by atoms with Gasteiger partial charge in [-0.3, -0.25) is 0 Å². The molecule has 19 heavy (non-hydrogen) atoms. The summed E-state index contributed by atoms with van der Waals surface area (Å²) >= 11 is 0. The molecular formula is C15H12FNO2. The maximum atomic E-state index is 13.0. The van der Waals surface area contributed by atoms with Crippen LogP contribution in [0.15, 0.2) is 42.5 Å². The fraction of sp³-hybridized carbons (Fsp3) is 0.133. The average Bonchev–Trinajstić information content (AvgIpc) is 2.41. The van der Waals surface area contributed by atoms with Crippen LogP contribution in [0.1, 0.15) is 12.5 Å². The number of hydrogen-bond donors (Lipinski definition) is 0. The minimum Gasteiger partial charge on any atom is -0.494 e. The van der Waals surface area contributed by atoms with E-state index in [4.69, 9.17) is 14.7 Å². The Balaban J connectivity index is 2.26. The van der Waals surface area contributed by atoms with Crippen LogP contribution in [0.25, 0.3) is 0 Å². The molecular weight excluding hydrogens is 245 g/mol. The van der Waals surface area contributed by atoms with Gasteiger partial charge in [0, 0.05) is 6.07 Å². The van der Waals surface area contributed by atoms with Crippen molar-refractivity contribution in [3.63, 3.8) is 0 Å². The van der Waals surface area contributed by atoms with Crippen LogP contribution in [-0.2, 0) is 0 Å². The van der Waals surface area contributed by atoms with Gasteiger partial charge in [0.05, 0.1) is 12.2 Å². The van der Waals surface area contributed by atoms with Gasteiger partial charge in [-0.1, -0.05) is 6.07 Å². The van der Waals surface area contributed by atoms with Gasteiger partial charge in [0.2, 0.25) is 0 Å². The van der Waals surface area contributed by atoms with Gasteiger partial charge in [-0.05, 0) is 37.3 Å². The lowest BCUT2D eigenvalue weighted by atomic mass is 10.2. The molecule has 0 saturated heterocycles. The number of nitrogens with zero attached hydrogens (tertiary/aromatic N) is 1. The Bertz CT molecular complexity index is 620. The van der Waals surface area contributed by atoms with Crippen LogP contribution in [0.4, 0.5) is 4.39 Å². The van der Waals surface area contributed by atoms with Crippen LogP contribution in [-0.4, -0.2) is 6.61 Å². The Kier molecular flexibility index (Phi) is 3.99. The van der Waals surface area contributed by atoms with Crippen molar-refractivity contribution < 1.29 is 13.9 Å². The Morgan fingerprint density at radius 3 is 2.68 bits per heavy atom. The minimum atomic E-state index is -0.466. The summed E-state index contributed by atoms with van der Waals surface area (Å²) in [6.45, 7) is 2.45. The fourth-order valence-electron chi connectivity index (χ4n) is 1.60. The van der Waals surface area contributed by atoms with Crippen molar-refractivity contribution in [3.05, 3.63) is 53.8 Å². The first kappa shape index (κ1) is 12.9. The molecule has 4 heteroatoms. The van der Waals surface area contributed by atoms with Crippen molar-refractivity contribution in [2.75, 3.05) is 6.61 Å². The molecule has 0 spiro atoms. The topological polar surface area (TPSA) is 42.2 Å². The van der Waals surface area contributed by atoms with Crippen LogP contribution < -0.4 is 9.47 Å². The molecule has 0 aliphatic heterocycles. The number of nitriles is 1. The van der Waals surface area contributed by atoms with Crippen molar-refractivity contribution in [1.82, 2.24) is 0 Å². The van der Waals surface area contributed by atoms with Gasteiger partial charge in [-0.25, -0.2) is 4.39 Å². The van der Waals surface area contributed by atoms with Gasteiger partial charge >= 0.3 is 0 Å². The zero-order chi connectivity index (χ0) is 13.7. The smallest absolute Gasteiger partial charge is 0.145 e. The third-order valence-electron chi connectivity index (χ3n) is 2.41. The largest absolute Gasteiger partial charge is 0.494 e. The van der Waals surface area contributed by atoms with E-state index in [1.807, 2.05) is 19.1 Å². The molecule has 0 unspecified atom stereocenters. The summed E-state index contributed by atoms with van der Waals surface area (Å²) in [5.41, 5.74) is 0.154. The van der Waals surface area contributed by atoms with E-state index in [1.54, 1.807) is 18.2 Å². The van der Waals surface area contributed by atoms with Gasteiger partial charge in [-0.15, -0.1) is 0 Å². The van der Waals surface area contributed by atoms with E-state index in [0.29, 0.717) is 23.9 Å². The van der Waals surface area contributed by atoms with Gasteiger partial charge in [0.1, 0.15) is 29.1 Å². The Morgan fingerprint density at radius 1 is 1.16 bits per heavy atom. The number of benzene rings is 2. The summed E-state index contributed by atoms with van der Waals surface area (Å²) in [6.07, 6.45) is 0. The predicted octanol–water partition coefficient (Wildman–Crippen LogP) is 3.89. The van der Waals surface area contributed by atoms with Crippen molar-refractivity contribution in [2.24, 2.45) is 0 Å². The molecule has 0 aliphatic carbocycles. The summed E-state index contributed by atoms with van der Waals surface area (Å²) in [7, 11) is 0. The molecule has 2 aromatic rings. The molecule has 0 radical (unpaired) electrons. The van der Waals surface area contributed by atoms with Gasteiger partial charge in [0.15, 0.2) is 0 Å². The first-order valence-corrected chi connectivity index (χ1v) is 5.83. The van der Waals surface area contributed by atoms with E-state index in [0.717, 1.165) is 6.07 Å². The highest BCUT2D eigenvalue weighted by molar-refractivity contribution is 5.46. The second-order valence-corrected chi connectivity index (χ2v) is 3.76. The lowest BCUT2D eigenvalue weighted by Crippen LogP contribution is -1.93. The number of rotatable bonds is 4. The molecule has 0 atom stereocenters. The molecule has 0 aliphatic rings. The number of halogens is 1. The highest BCUT2D eigenvalue weighted by Crippen LogP contribution is 2.28. The van der Waals surface area contributed by atoms with E-state index in [2.05, 4.69) is 0 Å². The van der Waals surface area contributed by atoms with Crippen LogP contribution in [0.5, 0.6) is 17.2 Å². The molecule has 2 aromatic carbocycles. The Morgan fingerprint density at radius 2 is 1.95 bits per heavy atom. The van der Waals surface area contributed by atoms with Crippen molar-refractivity contribution in [2.45, 2.75) is 6.92 Å². The second-order valence-electron chi connectivity index (χ2n) is 3.76. The van der Waals surface area contributed by atoms with Gasteiger partial charge in [-0.2, -0.15) is 5.26 Å². The molecule has 0 amide bonds. The quantitative estimate of drug-likeness (QED) is 0.834. The van der Waals surface area contributed by atoms with Gasteiger partial charge < -0.3 is 9.47 Å². The molecule has 0 saturated carbocycles. The number of ether oxygens (including phenoxy) is 2. The average molecular weight is 257 g/mol. The molecule has 0 aromatic heterocycles. The van der Waals surface area contributed by atoms with E-state index in [9.17, 15) is 4.39 Å². The number of hydrogen-bond acceptors (Lipinski definition) is 3. The van der Waals surface area contributed by atoms with Crippen LogP contribution in [0.2, 0.25) is 0 Å². The molecule has 96 valence electrons. The molecule has 0 bridgehead atoms. The first-order chi connectivity index (χ1) is 9.22.